The molecule has 0 aromatic carbocycles. The summed E-state index contributed by atoms with van der Waals surface area (Å²) < 4.78 is 38.6. The third-order valence-electron chi connectivity index (χ3n) is 7.11. The van der Waals surface area contributed by atoms with E-state index >= 15 is 0 Å². The van der Waals surface area contributed by atoms with Gasteiger partial charge in [-0.15, -0.1) is 0 Å². The van der Waals surface area contributed by atoms with E-state index in [-0.39, 0.29) is 23.9 Å². The number of halogens is 3. The Bertz CT molecular complexity index is 1210. The van der Waals surface area contributed by atoms with E-state index in [4.69, 9.17) is 0 Å². The summed E-state index contributed by atoms with van der Waals surface area (Å²) in [5, 5.41) is 0. The van der Waals surface area contributed by atoms with E-state index in [9.17, 15) is 18.0 Å². The van der Waals surface area contributed by atoms with Crippen molar-refractivity contribution in [2.45, 2.75) is 57.8 Å². The third kappa shape index (κ3) is 3.93. The summed E-state index contributed by atoms with van der Waals surface area (Å²) in [4.78, 5) is 33.0. The van der Waals surface area contributed by atoms with Crippen molar-refractivity contribution in [3.8, 4) is 11.4 Å². The zero-order valence-corrected chi connectivity index (χ0v) is 18.9. The van der Waals surface area contributed by atoms with E-state index in [2.05, 4.69) is 19.9 Å². The molecule has 0 radical (unpaired) electrons. The molecule has 2 aliphatic rings. The number of carbonyl (C=O) groups excluding carboxylic acids is 1. The lowest BCUT2D eigenvalue weighted by atomic mass is 9.86. The van der Waals surface area contributed by atoms with Crippen LogP contribution in [0.15, 0.2) is 43.0 Å². The summed E-state index contributed by atoms with van der Waals surface area (Å²) in [6.45, 7) is 3.88. The van der Waals surface area contributed by atoms with E-state index in [0.29, 0.717) is 29.2 Å². The monoisotopic (exact) mass is 467 g/mol. The molecule has 2 bridgehead atoms. The molecule has 2 aliphatic heterocycles. The van der Waals surface area contributed by atoms with Gasteiger partial charge >= 0.3 is 6.18 Å². The van der Waals surface area contributed by atoms with Crippen LogP contribution < -0.4 is 0 Å². The second kappa shape index (κ2) is 8.45. The number of aromatic nitrogens is 4. The van der Waals surface area contributed by atoms with Gasteiger partial charge in [0.1, 0.15) is 5.69 Å². The fourth-order valence-corrected chi connectivity index (χ4v) is 5.31. The molecule has 2 saturated heterocycles. The van der Waals surface area contributed by atoms with Crippen molar-refractivity contribution in [3.63, 3.8) is 0 Å². The van der Waals surface area contributed by atoms with Crippen LogP contribution in [0, 0.1) is 19.8 Å². The topological polar surface area (TPSA) is 71.9 Å². The second-order valence-corrected chi connectivity index (χ2v) is 9.11. The molecule has 2 fully saturated rings. The van der Waals surface area contributed by atoms with Crippen LogP contribution in [-0.2, 0) is 12.6 Å². The molecule has 6 nitrogen and oxygen atoms in total. The van der Waals surface area contributed by atoms with Gasteiger partial charge in [-0.3, -0.25) is 14.8 Å². The molecular weight excluding hydrogens is 443 g/mol. The molecular formula is C25H24F3N5O. The van der Waals surface area contributed by atoms with Gasteiger partial charge in [-0.05, 0) is 74.8 Å². The van der Waals surface area contributed by atoms with E-state index < -0.39 is 11.7 Å². The molecule has 9 heteroatoms. The van der Waals surface area contributed by atoms with Crippen LogP contribution in [0.5, 0.6) is 0 Å². The Kier molecular flexibility index (Phi) is 5.58. The molecule has 0 N–H and O–H groups in total. The summed E-state index contributed by atoms with van der Waals surface area (Å²) in [6.07, 6.45) is 4.60. The maximum atomic E-state index is 13.8. The molecule has 176 valence electrons. The summed E-state index contributed by atoms with van der Waals surface area (Å²) in [5.41, 5.74) is 2.73. The van der Waals surface area contributed by atoms with Crippen LogP contribution in [0.4, 0.5) is 13.2 Å². The first kappa shape index (κ1) is 22.4. The van der Waals surface area contributed by atoms with Crippen molar-refractivity contribution in [2.75, 3.05) is 0 Å². The highest BCUT2D eigenvalue weighted by molar-refractivity contribution is 5.99. The third-order valence-corrected chi connectivity index (χ3v) is 7.11. The lowest BCUT2D eigenvalue weighted by molar-refractivity contribution is -0.137. The zero-order chi connectivity index (χ0) is 24.0. The predicted octanol–water partition coefficient (Wildman–Crippen LogP) is 4.81. The van der Waals surface area contributed by atoms with Gasteiger partial charge in [0.25, 0.3) is 5.91 Å². The largest absolute Gasteiger partial charge is 0.417 e. The van der Waals surface area contributed by atoms with Gasteiger partial charge in [0.2, 0.25) is 0 Å². The number of rotatable bonds is 4. The molecule has 0 saturated carbocycles. The molecule has 3 atom stereocenters. The molecule has 5 heterocycles. The van der Waals surface area contributed by atoms with Gasteiger partial charge in [-0.25, -0.2) is 9.97 Å². The number of amides is 1. The SMILES string of the molecule is Cc1cnc(C(=O)N2C3CCC2C(Cc2ccc(C(F)(F)F)cn2)C3)c(-c2ncccn2)c1C. The average molecular weight is 467 g/mol. The zero-order valence-electron chi connectivity index (χ0n) is 18.9. The summed E-state index contributed by atoms with van der Waals surface area (Å²) >= 11 is 0. The van der Waals surface area contributed by atoms with Gasteiger partial charge in [0, 0.05) is 42.6 Å². The van der Waals surface area contributed by atoms with Crippen LogP contribution >= 0.6 is 0 Å². The first-order chi connectivity index (χ1) is 16.2. The van der Waals surface area contributed by atoms with Gasteiger partial charge in [-0.2, -0.15) is 13.2 Å². The van der Waals surface area contributed by atoms with Crippen molar-refractivity contribution >= 4 is 5.91 Å². The number of carbonyl (C=O) groups is 1. The van der Waals surface area contributed by atoms with Crippen molar-refractivity contribution < 1.29 is 18.0 Å². The van der Waals surface area contributed by atoms with Crippen LogP contribution in [-0.4, -0.2) is 42.8 Å². The number of alkyl halides is 3. The fraction of sp³-hybridized carbons (Fsp3) is 0.400. The van der Waals surface area contributed by atoms with Crippen LogP contribution in [0.1, 0.15) is 52.1 Å². The average Bonchev–Trinajstić information content (AvgIpc) is 3.38. The Morgan fingerprint density at radius 3 is 2.50 bits per heavy atom. The molecule has 0 aliphatic carbocycles. The number of fused-ring (bicyclic) bond motifs is 2. The minimum Gasteiger partial charge on any atom is -0.331 e. The van der Waals surface area contributed by atoms with Gasteiger partial charge in [0.15, 0.2) is 5.82 Å². The Morgan fingerprint density at radius 2 is 1.82 bits per heavy atom. The van der Waals surface area contributed by atoms with Gasteiger partial charge < -0.3 is 4.90 Å². The summed E-state index contributed by atoms with van der Waals surface area (Å²) in [6, 6.07) is 4.34. The Labute approximate surface area is 195 Å². The van der Waals surface area contributed by atoms with Crippen LogP contribution in [0.3, 0.4) is 0 Å². The van der Waals surface area contributed by atoms with Crippen molar-refractivity contribution in [3.05, 3.63) is 71.1 Å². The molecule has 1 amide bonds. The highest BCUT2D eigenvalue weighted by Crippen LogP contribution is 2.44. The maximum Gasteiger partial charge on any atom is 0.417 e. The normalized spacial score (nSPS) is 21.8. The Balaban J connectivity index is 1.41. The first-order valence-corrected chi connectivity index (χ1v) is 11.3. The summed E-state index contributed by atoms with van der Waals surface area (Å²) in [7, 11) is 0. The van der Waals surface area contributed by atoms with Gasteiger partial charge in [0.05, 0.1) is 11.1 Å². The number of nitrogens with zero attached hydrogens (tertiary/aromatic N) is 5. The predicted molar refractivity (Wildman–Crippen MR) is 119 cm³/mol. The van der Waals surface area contributed by atoms with Gasteiger partial charge in [-0.1, -0.05) is 0 Å². The van der Waals surface area contributed by atoms with E-state index in [1.165, 1.54) is 6.07 Å². The Hall–Kier alpha value is -3.36. The fourth-order valence-electron chi connectivity index (χ4n) is 5.31. The molecule has 3 aromatic heterocycles. The molecule has 0 spiro atoms. The molecule has 5 rings (SSSR count). The lowest BCUT2D eigenvalue weighted by Gasteiger charge is -2.25. The molecule has 3 unspecified atom stereocenters. The smallest absolute Gasteiger partial charge is 0.331 e. The van der Waals surface area contributed by atoms with Crippen molar-refractivity contribution in [1.29, 1.82) is 0 Å². The number of hydrogen-bond donors (Lipinski definition) is 0. The maximum absolute atomic E-state index is 13.8. The van der Waals surface area contributed by atoms with E-state index in [1.54, 1.807) is 24.7 Å². The molecule has 3 aromatic rings. The van der Waals surface area contributed by atoms with Crippen LogP contribution in [0.25, 0.3) is 11.4 Å². The van der Waals surface area contributed by atoms with Crippen LogP contribution in [0.2, 0.25) is 0 Å². The van der Waals surface area contributed by atoms with Crippen molar-refractivity contribution in [1.82, 2.24) is 24.8 Å². The lowest BCUT2D eigenvalue weighted by Crippen LogP contribution is -2.37. The Morgan fingerprint density at radius 1 is 1.06 bits per heavy atom. The quantitative estimate of drug-likeness (QED) is 0.551. The standard InChI is InChI=1S/C25H24F3N5O/c1-14-12-32-22(21(15(14)2)23-29-8-3-9-30-23)24(34)33-19-6-7-20(33)16(11-19)10-18-5-4-17(13-31-18)25(26,27)28/h3-5,8-9,12-13,16,19-20H,6-7,10-11H2,1-2H3. The first-order valence-electron chi connectivity index (χ1n) is 11.3. The number of aryl methyl sites for hydroxylation is 1. The molecule has 34 heavy (non-hydrogen) atoms. The van der Waals surface area contributed by atoms with E-state index in [0.717, 1.165) is 42.7 Å². The number of hydrogen-bond acceptors (Lipinski definition) is 5. The summed E-state index contributed by atoms with van der Waals surface area (Å²) in [5.74, 6) is 0.479. The minimum absolute atomic E-state index is 0.00884. The number of pyridine rings is 2. The highest BCUT2D eigenvalue weighted by atomic mass is 19.4. The van der Waals surface area contributed by atoms with E-state index in [1.807, 2.05) is 18.7 Å². The van der Waals surface area contributed by atoms with Crippen molar-refractivity contribution in [2.24, 2.45) is 5.92 Å². The second-order valence-electron chi connectivity index (χ2n) is 9.11. The highest BCUT2D eigenvalue weighted by Gasteiger charge is 2.49. The minimum atomic E-state index is -4.40.